The number of hydrogen-bond donors (Lipinski definition) is 1. The van der Waals surface area contributed by atoms with Crippen molar-refractivity contribution in [2.45, 2.75) is 45.7 Å². The lowest BCUT2D eigenvalue weighted by Crippen LogP contribution is -2.24. The van der Waals surface area contributed by atoms with Gasteiger partial charge in [-0.1, -0.05) is 6.92 Å². The molecule has 0 spiro atoms. The third-order valence-electron chi connectivity index (χ3n) is 3.45. The van der Waals surface area contributed by atoms with E-state index in [0.717, 1.165) is 17.5 Å². The van der Waals surface area contributed by atoms with Crippen molar-refractivity contribution in [3.63, 3.8) is 0 Å². The van der Waals surface area contributed by atoms with E-state index in [1.165, 1.54) is 38.0 Å². The fourth-order valence-corrected chi connectivity index (χ4v) is 3.08. The summed E-state index contributed by atoms with van der Waals surface area (Å²) in [5, 5.41) is 3.22. The Kier molecular flexibility index (Phi) is 4.54. The summed E-state index contributed by atoms with van der Waals surface area (Å²) < 4.78 is 0. The van der Waals surface area contributed by atoms with Gasteiger partial charge in [-0.25, -0.2) is 4.98 Å². The molecule has 4 heteroatoms. The summed E-state index contributed by atoms with van der Waals surface area (Å²) in [4.78, 5) is 7.14. The fraction of sp³-hybridized carbons (Fsp3) is 0.769. The number of rotatable bonds is 3. The van der Waals surface area contributed by atoms with Gasteiger partial charge in [0.2, 0.25) is 0 Å². The average molecular weight is 253 g/mol. The van der Waals surface area contributed by atoms with E-state index in [2.05, 4.69) is 22.2 Å². The standard InChI is InChI=1S/C13H23N3S/c1-10-4-3-6-16(7-5-10)8-12-9-17-13(15-12)11(2)14/h9-11H,3-8,14H2,1-2H3. The third-order valence-corrected chi connectivity index (χ3v) is 4.55. The minimum absolute atomic E-state index is 0.0675. The van der Waals surface area contributed by atoms with Gasteiger partial charge in [0.05, 0.1) is 11.7 Å². The highest BCUT2D eigenvalue weighted by atomic mass is 32.1. The number of likely N-dealkylation sites (tertiary alicyclic amines) is 1. The van der Waals surface area contributed by atoms with Crippen LogP contribution in [0.5, 0.6) is 0 Å². The highest BCUT2D eigenvalue weighted by Gasteiger charge is 2.15. The van der Waals surface area contributed by atoms with E-state index in [9.17, 15) is 0 Å². The minimum Gasteiger partial charge on any atom is -0.322 e. The minimum atomic E-state index is 0.0675. The maximum absolute atomic E-state index is 5.84. The number of aromatic nitrogens is 1. The second-order valence-electron chi connectivity index (χ2n) is 5.28. The van der Waals surface area contributed by atoms with Crippen molar-refractivity contribution in [3.8, 4) is 0 Å². The first-order valence-electron chi connectivity index (χ1n) is 6.57. The van der Waals surface area contributed by atoms with Gasteiger partial charge >= 0.3 is 0 Å². The summed E-state index contributed by atoms with van der Waals surface area (Å²) in [6, 6.07) is 0.0675. The molecule has 0 bridgehead atoms. The zero-order chi connectivity index (χ0) is 12.3. The van der Waals surface area contributed by atoms with Crippen LogP contribution < -0.4 is 5.73 Å². The number of thiazole rings is 1. The molecule has 96 valence electrons. The van der Waals surface area contributed by atoms with E-state index < -0.39 is 0 Å². The number of nitrogens with zero attached hydrogens (tertiary/aromatic N) is 2. The van der Waals surface area contributed by atoms with Gasteiger partial charge in [0, 0.05) is 11.9 Å². The molecule has 1 aromatic heterocycles. The van der Waals surface area contributed by atoms with E-state index in [0.29, 0.717) is 0 Å². The van der Waals surface area contributed by atoms with Crippen LogP contribution in [0, 0.1) is 5.92 Å². The van der Waals surface area contributed by atoms with Crippen LogP contribution in [-0.2, 0) is 6.54 Å². The molecule has 2 rings (SSSR count). The molecule has 2 unspecified atom stereocenters. The first-order valence-corrected chi connectivity index (χ1v) is 7.45. The van der Waals surface area contributed by atoms with Crippen molar-refractivity contribution in [2.75, 3.05) is 13.1 Å². The predicted octanol–water partition coefficient (Wildman–Crippen LogP) is 2.78. The molecular weight excluding hydrogens is 230 g/mol. The van der Waals surface area contributed by atoms with Crippen LogP contribution in [0.25, 0.3) is 0 Å². The van der Waals surface area contributed by atoms with Crippen molar-refractivity contribution in [2.24, 2.45) is 11.7 Å². The van der Waals surface area contributed by atoms with Gasteiger partial charge in [0.25, 0.3) is 0 Å². The summed E-state index contributed by atoms with van der Waals surface area (Å²) in [5.41, 5.74) is 7.03. The maximum atomic E-state index is 5.84. The smallest absolute Gasteiger partial charge is 0.109 e. The lowest BCUT2D eigenvalue weighted by Gasteiger charge is -2.18. The molecule has 1 saturated heterocycles. The molecule has 0 saturated carbocycles. The zero-order valence-electron chi connectivity index (χ0n) is 10.9. The largest absolute Gasteiger partial charge is 0.322 e. The molecule has 2 atom stereocenters. The van der Waals surface area contributed by atoms with E-state index >= 15 is 0 Å². The Morgan fingerprint density at radius 1 is 1.53 bits per heavy atom. The molecule has 1 aromatic rings. The SMILES string of the molecule is CC1CCCN(Cc2csc(C(C)N)n2)CC1. The molecule has 2 heterocycles. The van der Waals surface area contributed by atoms with E-state index in [-0.39, 0.29) is 6.04 Å². The lowest BCUT2D eigenvalue weighted by atomic mass is 10.0. The fourth-order valence-electron chi connectivity index (χ4n) is 2.31. The summed E-state index contributed by atoms with van der Waals surface area (Å²) in [5.74, 6) is 0.884. The Morgan fingerprint density at radius 3 is 3.06 bits per heavy atom. The van der Waals surface area contributed by atoms with E-state index in [4.69, 9.17) is 5.73 Å². The Balaban J connectivity index is 1.90. The van der Waals surface area contributed by atoms with Crippen LogP contribution in [0.4, 0.5) is 0 Å². The van der Waals surface area contributed by atoms with Crippen LogP contribution >= 0.6 is 11.3 Å². The van der Waals surface area contributed by atoms with Crippen LogP contribution in [0.1, 0.15) is 49.9 Å². The van der Waals surface area contributed by atoms with E-state index in [1.807, 2.05) is 6.92 Å². The first kappa shape index (κ1) is 13.0. The first-order chi connectivity index (χ1) is 8.15. The molecule has 1 aliphatic rings. The van der Waals surface area contributed by atoms with Crippen LogP contribution in [0.3, 0.4) is 0 Å². The molecule has 17 heavy (non-hydrogen) atoms. The molecule has 0 amide bonds. The van der Waals surface area contributed by atoms with Crippen molar-refractivity contribution in [1.82, 2.24) is 9.88 Å². The highest BCUT2D eigenvalue weighted by Crippen LogP contribution is 2.20. The summed E-state index contributed by atoms with van der Waals surface area (Å²) in [6.07, 6.45) is 4.02. The Morgan fingerprint density at radius 2 is 2.35 bits per heavy atom. The monoisotopic (exact) mass is 253 g/mol. The molecule has 0 aromatic carbocycles. The summed E-state index contributed by atoms with van der Waals surface area (Å²) >= 11 is 1.69. The second kappa shape index (κ2) is 5.94. The van der Waals surface area contributed by atoms with Gasteiger partial charge in [-0.2, -0.15) is 0 Å². The van der Waals surface area contributed by atoms with Gasteiger partial charge in [-0.15, -0.1) is 11.3 Å². The molecular formula is C13H23N3S. The van der Waals surface area contributed by atoms with Gasteiger partial charge in [-0.3, -0.25) is 4.90 Å². The van der Waals surface area contributed by atoms with Gasteiger partial charge in [0.15, 0.2) is 0 Å². The van der Waals surface area contributed by atoms with Crippen molar-refractivity contribution < 1.29 is 0 Å². The molecule has 0 radical (unpaired) electrons. The lowest BCUT2D eigenvalue weighted by molar-refractivity contribution is 0.271. The Labute approximate surface area is 108 Å². The molecule has 0 aliphatic carbocycles. The molecule has 2 N–H and O–H groups in total. The van der Waals surface area contributed by atoms with Crippen LogP contribution in [0.2, 0.25) is 0 Å². The predicted molar refractivity (Wildman–Crippen MR) is 73.0 cm³/mol. The van der Waals surface area contributed by atoms with Gasteiger partial charge in [-0.05, 0) is 45.2 Å². The van der Waals surface area contributed by atoms with Crippen LogP contribution in [0.15, 0.2) is 5.38 Å². The van der Waals surface area contributed by atoms with Crippen molar-refractivity contribution in [1.29, 1.82) is 0 Å². The molecule has 1 fully saturated rings. The van der Waals surface area contributed by atoms with Gasteiger partial charge in [0.1, 0.15) is 5.01 Å². The molecule has 1 aliphatic heterocycles. The Bertz CT molecular complexity index is 348. The topological polar surface area (TPSA) is 42.1 Å². The number of hydrogen-bond acceptors (Lipinski definition) is 4. The second-order valence-corrected chi connectivity index (χ2v) is 6.17. The average Bonchev–Trinajstić information content (AvgIpc) is 2.65. The van der Waals surface area contributed by atoms with Crippen LogP contribution in [-0.4, -0.2) is 23.0 Å². The zero-order valence-corrected chi connectivity index (χ0v) is 11.7. The Hall–Kier alpha value is -0.450. The van der Waals surface area contributed by atoms with Gasteiger partial charge < -0.3 is 5.73 Å². The summed E-state index contributed by atoms with van der Waals surface area (Å²) in [6.45, 7) is 7.79. The number of nitrogens with two attached hydrogens (primary N) is 1. The maximum Gasteiger partial charge on any atom is 0.109 e. The third kappa shape index (κ3) is 3.76. The summed E-state index contributed by atoms with van der Waals surface area (Å²) in [7, 11) is 0. The quantitative estimate of drug-likeness (QED) is 0.900. The van der Waals surface area contributed by atoms with Crippen molar-refractivity contribution in [3.05, 3.63) is 16.1 Å². The van der Waals surface area contributed by atoms with Crippen molar-refractivity contribution >= 4 is 11.3 Å². The normalized spacial score (nSPS) is 24.5. The molecule has 3 nitrogen and oxygen atoms in total. The highest BCUT2D eigenvalue weighted by molar-refractivity contribution is 7.09. The van der Waals surface area contributed by atoms with E-state index in [1.54, 1.807) is 11.3 Å².